The van der Waals surface area contributed by atoms with Crippen molar-refractivity contribution in [3.8, 4) is 0 Å². The Morgan fingerprint density at radius 2 is 2.09 bits per heavy atom. The molecule has 3 rings (SSSR count). The van der Waals surface area contributed by atoms with Crippen LogP contribution in [0.5, 0.6) is 0 Å². The zero-order valence-corrected chi connectivity index (χ0v) is 13.7. The molecule has 8 heteroatoms. The fraction of sp³-hybridized carbons (Fsp3) is 0.714. The molecule has 1 saturated carbocycles. The minimum absolute atomic E-state index is 0.0447. The average molecular weight is 326 g/mol. The predicted octanol–water partition coefficient (Wildman–Crippen LogP) is 0.672. The van der Waals surface area contributed by atoms with Crippen LogP contribution in [0.25, 0.3) is 0 Å². The molecule has 0 radical (unpaired) electrons. The largest absolute Gasteiger partial charge is 0.379 e. The molecule has 1 aromatic heterocycles. The van der Waals surface area contributed by atoms with Gasteiger partial charge in [0.15, 0.2) is 0 Å². The Balaban J connectivity index is 1.67. The Hall–Kier alpha value is -1.25. The van der Waals surface area contributed by atoms with E-state index in [0.717, 1.165) is 11.5 Å². The smallest absolute Gasteiger partial charge is 0.214 e. The number of sulfonamides is 1. The highest BCUT2D eigenvalue weighted by Gasteiger charge is 2.33. The molecule has 1 aromatic rings. The summed E-state index contributed by atoms with van der Waals surface area (Å²) in [5, 5.41) is 3.32. The Kier molecular flexibility index (Phi) is 4.33. The standard InChI is InChI=1S/C14H22N4O3S/c1-18(2)22(19,20)8-11-6-21-7-13(11)17-14-5-12(10-3-4-10)15-9-16-14/h5,9-11,13H,3-4,6-8H2,1-2H3,(H,15,16,17)/t11-,13+/m0/s1. The number of nitrogens with one attached hydrogen (secondary N) is 1. The molecule has 1 aliphatic carbocycles. The van der Waals surface area contributed by atoms with Crippen molar-refractivity contribution in [2.45, 2.75) is 24.8 Å². The summed E-state index contributed by atoms with van der Waals surface area (Å²) in [4.78, 5) is 8.53. The maximum absolute atomic E-state index is 12.1. The molecule has 2 atom stereocenters. The van der Waals surface area contributed by atoms with Crippen molar-refractivity contribution in [2.24, 2.45) is 5.92 Å². The lowest BCUT2D eigenvalue weighted by atomic mass is 10.1. The number of aromatic nitrogens is 2. The molecule has 1 N–H and O–H groups in total. The zero-order chi connectivity index (χ0) is 15.7. The lowest BCUT2D eigenvalue weighted by Gasteiger charge is -2.21. The van der Waals surface area contributed by atoms with E-state index in [9.17, 15) is 8.42 Å². The molecule has 2 heterocycles. The fourth-order valence-electron chi connectivity index (χ4n) is 2.59. The van der Waals surface area contributed by atoms with Gasteiger partial charge in [-0.05, 0) is 12.8 Å². The summed E-state index contributed by atoms with van der Waals surface area (Å²) in [5.41, 5.74) is 1.06. The lowest BCUT2D eigenvalue weighted by molar-refractivity contribution is 0.187. The first-order valence-corrected chi connectivity index (χ1v) is 9.13. The van der Waals surface area contributed by atoms with Gasteiger partial charge in [-0.25, -0.2) is 22.7 Å². The second kappa shape index (κ2) is 6.10. The summed E-state index contributed by atoms with van der Waals surface area (Å²) in [6.07, 6.45) is 3.94. The van der Waals surface area contributed by atoms with E-state index in [1.54, 1.807) is 20.4 Å². The highest BCUT2D eigenvalue weighted by atomic mass is 32.2. The van der Waals surface area contributed by atoms with Crippen LogP contribution in [-0.4, -0.2) is 61.8 Å². The number of hydrogen-bond acceptors (Lipinski definition) is 6. The third-order valence-corrected chi connectivity index (χ3v) is 6.16. The number of nitrogens with zero attached hydrogens (tertiary/aromatic N) is 3. The van der Waals surface area contributed by atoms with Gasteiger partial charge in [-0.3, -0.25) is 0 Å². The summed E-state index contributed by atoms with van der Waals surface area (Å²) in [5.74, 6) is 1.32. The zero-order valence-electron chi connectivity index (χ0n) is 12.9. The van der Waals surface area contributed by atoms with E-state index in [1.165, 1.54) is 17.1 Å². The molecule has 0 aromatic carbocycles. The first kappa shape index (κ1) is 15.6. The van der Waals surface area contributed by atoms with Crippen LogP contribution in [-0.2, 0) is 14.8 Å². The number of rotatable bonds is 6. The van der Waals surface area contributed by atoms with Crippen LogP contribution in [0.15, 0.2) is 12.4 Å². The van der Waals surface area contributed by atoms with Gasteiger partial charge >= 0.3 is 0 Å². The van der Waals surface area contributed by atoms with Gasteiger partial charge in [-0.2, -0.15) is 0 Å². The summed E-state index contributed by atoms with van der Waals surface area (Å²) in [7, 11) is -0.127. The van der Waals surface area contributed by atoms with Crippen molar-refractivity contribution < 1.29 is 13.2 Å². The maximum Gasteiger partial charge on any atom is 0.214 e. The third-order valence-electron chi connectivity index (χ3n) is 4.20. The Morgan fingerprint density at radius 3 is 2.77 bits per heavy atom. The highest BCUT2D eigenvalue weighted by Crippen LogP contribution is 2.39. The predicted molar refractivity (Wildman–Crippen MR) is 83.2 cm³/mol. The highest BCUT2D eigenvalue weighted by molar-refractivity contribution is 7.89. The van der Waals surface area contributed by atoms with Crippen molar-refractivity contribution in [3.63, 3.8) is 0 Å². The van der Waals surface area contributed by atoms with E-state index in [-0.39, 0.29) is 17.7 Å². The van der Waals surface area contributed by atoms with Gasteiger partial charge in [0.05, 0.1) is 25.0 Å². The first-order chi connectivity index (χ1) is 10.5. The fourth-order valence-corrected chi connectivity index (χ4v) is 3.75. The van der Waals surface area contributed by atoms with Gasteiger partial charge in [0.1, 0.15) is 12.1 Å². The first-order valence-electron chi connectivity index (χ1n) is 7.52. The van der Waals surface area contributed by atoms with Crippen molar-refractivity contribution in [2.75, 3.05) is 38.4 Å². The molecule has 1 saturated heterocycles. The van der Waals surface area contributed by atoms with Crippen molar-refractivity contribution in [1.29, 1.82) is 0 Å². The molecule has 0 bridgehead atoms. The molecule has 0 spiro atoms. The molecule has 0 amide bonds. The van der Waals surface area contributed by atoms with E-state index in [2.05, 4.69) is 15.3 Å². The summed E-state index contributed by atoms with van der Waals surface area (Å²) < 4.78 is 30.8. The molecular formula is C14H22N4O3S. The number of anilines is 1. The summed E-state index contributed by atoms with van der Waals surface area (Å²) >= 11 is 0. The maximum atomic E-state index is 12.1. The Morgan fingerprint density at radius 1 is 1.32 bits per heavy atom. The van der Waals surface area contributed by atoms with E-state index in [1.807, 2.05) is 6.07 Å². The van der Waals surface area contributed by atoms with E-state index in [4.69, 9.17) is 4.74 Å². The molecule has 2 aliphatic rings. The molecular weight excluding hydrogens is 304 g/mol. The molecule has 7 nitrogen and oxygen atoms in total. The van der Waals surface area contributed by atoms with Gasteiger partial charge in [-0.15, -0.1) is 0 Å². The van der Waals surface area contributed by atoms with Gasteiger partial charge in [0.2, 0.25) is 10.0 Å². The second-order valence-electron chi connectivity index (χ2n) is 6.21. The third kappa shape index (κ3) is 3.56. The minimum atomic E-state index is -3.24. The monoisotopic (exact) mass is 326 g/mol. The van der Waals surface area contributed by atoms with Crippen LogP contribution in [0.3, 0.4) is 0 Å². The van der Waals surface area contributed by atoms with E-state index < -0.39 is 10.0 Å². The normalized spacial score (nSPS) is 25.6. The quantitative estimate of drug-likeness (QED) is 0.827. The van der Waals surface area contributed by atoms with Crippen LogP contribution in [0.1, 0.15) is 24.5 Å². The summed E-state index contributed by atoms with van der Waals surface area (Å²) in [6.45, 7) is 0.946. The van der Waals surface area contributed by atoms with Crippen molar-refractivity contribution in [1.82, 2.24) is 14.3 Å². The lowest BCUT2D eigenvalue weighted by Crippen LogP contribution is -2.37. The SMILES string of the molecule is CN(C)S(=O)(=O)C[C@@H]1COC[C@H]1Nc1cc(C2CC2)ncn1. The molecule has 122 valence electrons. The van der Waals surface area contributed by atoms with Gasteiger partial charge in [0.25, 0.3) is 0 Å². The van der Waals surface area contributed by atoms with E-state index >= 15 is 0 Å². The molecule has 1 aliphatic heterocycles. The Labute approximate surface area is 131 Å². The second-order valence-corrected chi connectivity index (χ2v) is 8.44. The number of ether oxygens (including phenoxy) is 1. The van der Waals surface area contributed by atoms with Crippen LogP contribution < -0.4 is 5.32 Å². The van der Waals surface area contributed by atoms with Crippen LogP contribution in [0, 0.1) is 5.92 Å². The van der Waals surface area contributed by atoms with E-state index in [0.29, 0.717) is 19.1 Å². The van der Waals surface area contributed by atoms with Crippen molar-refractivity contribution >= 4 is 15.8 Å². The van der Waals surface area contributed by atoms with Gasteiger partial charge in [0, 0.05) is 37.7 Å². The molecule has 2 fully saturated rings. The van der Waals surface area contributed by atoms with Crippen LogP contribution in [0.2, 0.25) is 0 Å². The van der Waals surface area contributed by atoms with Gasteiger partial charge in [-0.1, -0.05) is 0 Å². The van der Waals surface area contributed by atoms with Crippen LogP contribution in [0.4, 0.5) is 5.82 Å². The summed E-state index contributed by atoms with van der Waals surface area (Å²) in [6, 6.07) is 1.92. The Bertz CT molecular complexity index is 631. The van der Waals surface area contributed by atoms with Gasteiger partial charge < -0.3 is 10.1 Å². The molecule has 0 unspecified atom stereocenters. The number of hydrogen-bond donors (Lipinski definition) is 1. The molecule has 22 heavy (non-hydrogen) atoms. The average Bonchev–Trinajstić information content (AvgIpc) is 3.23. The van der Waals surface area contributed by atoms with Crippen LogP contribution >= 0.6 is 0 Å². The topological polar surface area (TPSA) is 84.4 Å². The minimum Gasteiger partial charge on any atom is -0.379 e. The van der Waals surface area contributed by atoms with Crippen molar-refractivity contribution in [3.05, 3.63) is 18.1 Å².